The van der Waals surface area contributed by atoms with E-state index in [2.05, 4.69) is 35.2 Å². The summed E-state index contributed by atoms with van der Waals surface area (Å²) in [6.07, 6.45) is 2.15. The van der Waals surface area contributed by atoms with Crippen LogP contribution in [0.1, 0.15) is 12.0 Å². The summed E-state index contributed by atoms with van der Waals surface area (Å²) in [6, 6.07) is 10.6. The Balaban J connectivity index is 1.92. The van der Waals surface area contributed by atoms with Crippen molar-refractivity contribution in [1.82, 2.24) is 4.90 Å². The molecule has 1 aliphatic rings. The highest BCUT2D eigenvalue weighted by Gasteiger charge is 2.53. The smallest absolute Gasteiger partial charge is 0.376 e. The van der Waals surface area contributed by atoms with Gasteiger partial charge in [-0.3, -0.25) is 4.90 Å². The van der Waals surface area contributed by atoms with Gasteiger partial charge in [-0.15, -0.1) is 0 Å². The highest BCUT2D eigenvalue weighted by atomic mass is 28.4. The molecule has 1 unspecified atom stereocenters. The third-order valence-electron chi connectivity index (χ3n) is 3.92. The molecule has 0 spiro atoms. The number of hydrogen-bond acceptors (Lipinski definition) is 4. The van der Waals surface area contributed by atoms with E-state index in [4.69, 9.17) is 13.3 Å². The fourth-order valence-corrected chi connectivity index (χ4v) is 5.19. The van der Waals surface area contributed by atoms with Gasteiger partial charge in [0.25, 0.3) is 0 Å². The SMILES string of the molecule is CO[Si](OC)(OC)C1CCN1CCc1ccccc1. The number of nitrogens with zero attached hydrogens (tertiary/aromatic N) is 1. The molecular weight excluding hydrogens is 258 g/mol. The van der Waals surface area contributed by atoms with E-state index < -0.39 is 8.80 Å². The molecule has 0 aliphatic carbocycles. The molecule has 0 saturated carbocycles. The van der Waals surface area contributed by atoms with Crippen LogP contribution in [0.4, 0.5) is 0 Å². The van der Waals surface area contributed by atoms with E-state index in [1.165, 1.54) is 5.56 Å². The van der Waals surface area contributed by atoms with E-state index in [0.29, 0.717) is 5.67 Å². The molecule has 1 aliphatic heterocycles. The van der Waals surface area contributed by atoms with Gasteiger partial charge in [-0.05, 0) is 24.9 Å². The molecule has 1 saturated heterocycles. The average molecular weight is 281 g/mol. The zero-order chi connectivity index (χ0) is 13.7. The zero-order valence-corrected chi connectivity index (χ0v) is 13.0. The minimum Gasteiger partial charge on any atom is -0.376 e. The van der Waals surface area contributed by atoms with Crippen molar-refractivity contribution in [3.05, 3.63) is 35.9 Å². The van der Waals surface area contributed by atoms with E-state index in [9.17, 15) is 0 Å². The minimum absolute atomic E-state index is 0.302. The Morgan fingerprint density at radius 3 is 2.21 bits per heavy atom. The summed E-state index contributed by atoms with van der Waals surface area (Å²) in [4.78, 5) is 2.41. The first kappa shape index (κ1) is 14.7. The average Bonchev–Trinajstić information content (AvgIpc) is 2.45. The maximum Gasteiger partial charge on any atom is 0.518 e. The van der Waals surface area contributed by atoms with Crippen molar-refractivity contribution in [3.63, 3.8) is 0 Å². The number of rotatable bonds is 7. The minimum atomic E-state index is -2.51. The summed E-state index contributed by atoms with van der Waals surface area (Å²) in [5, 5.41) is 0. The highest BCUT2D eigenvalue weighted by Crippen LogP contribution is 2.28. The quantitative estimate of drug-likeness (QED) is 0.712. The molecule has 0 bridgehead atoms. The third-order valence-corrected chi connectivity index (χ3v) is 7.10. The van der Waals surface area contributed by atoms with E-state index in [1.807, 2.05) is 0 Å². The molecule has 106 valence electrons. The van der Waals surface area contributed by atoms with Crippen LogP contribution >= 0.6 is 0 Å². The first-order valence-electron chi connectivity index (χ1n) is 6.69. The molecule has 4 nitrogen and oxygen atoms in total. The van der Waals surface area contributed by atoms with Gasteiger partial charge in [0.05, 0.1) is 5.67 Å². The molecule has 0 N–H and O–H groups in total. The molecule has 1 fully saturated rings. The predicted octanol–water partition coefficient (Wildman–Crippen LogP) is 1.72. The van der Waals surface area contributed by atoms with Gasteiger partial charge in [-0.25, -0.2) is 0 Å². The van der Waals surface area contributed by atoms with Crippen LogP contribution in [-0.2, 0) is 19.7 Å². The molecule has 0 radical (unpaired) electrons. The highest BCUT2D eigenvalue weighted by molar-refractivity contribution is 6.62. The van der Waals surface area contributed by atoms with Crippen LogP contribution in [0.2, 0.25) is 0 Å². The Labute approximate surface area is 116 Å². The van der Waals surface area contributed by atoms with Gasteiger partial charge in [-0.1, -0.05) is 30.3 Å². The van der Waals surface area contributed by atoms with Crippen LogP contribution in [0.25, 0.3) is 0 Å². The molecule has 5 heteroatoms. The molecule has 1 aromatic rings. The third kappa shape index (κ3) is 3.06. The van der Waals surface area contributed by atoms with Crippen LogP contribution in [-0.4, -0.2) is 53.8 Å². The van der Waals surface area contributed by atoms with Gasteiger partial charge in [0, 0.05) is 27.9 Å². The molecule has 1 atom stereocenters. The second-order valence-corrected chi connectivity index (χ2v) is 7.89. The van der Waals surface area contributed by atoms with Crippen LogP contribution < -0.4 is 0 Å². The largest absolute Gasteiger partial charge is 0.518 e. The fourth-order valence-electron chi connectivity index (χ4n) is 2.68. The Morgan fingerprint density at radius 1 is 1.11 bits per heavy atom. The van der Waals surface area contributed by atoms with Crippen molar-refractivity contribution in [2.24, 2.45) is 0 Å². The monoisotopic (exact) mass is 281 g/mol. The van der Waals surface area contributed by atoms with Crippen molar-refractivity contribution < 1.29 is 13.3 Å². The van der Waals surface area contributed by atoms with Gasteiger partial charge >= 0.3 is 8.80 Å². The maximum atomic E-state index is 5.58. The van der Waals surface area contributed by atoms with E-state index in [-0.39, 0.29) is 0 Å². The summed E-state index contributed by atoms with van der Waals surface area (Å²) in [6.45, 7) is 2.13. The molecule has 1 heterocycles. The molecule has 0 amide bonds. The van der Waals surface area contributed by atoms with E-state index in [1.54, 1.807) is 21.3 Å². The molecule has 1 aromatic carbocycles. The van der Waals surface area contributed by atoms with Crippen LogP contribution in [0.3, 0.4) is 0 Å². The lowest BCUT2D eigenvalue weighted by atomic mass is 10.1. The lowest BCUT2D eigenvalue weighted by molar-refractivity contribution is 0.0331. The van der Waals surface area contributed by atoms with Gasteiger partial charge in [0.1, 0.15) is 0 Å². The lowest BCUT2D eigenvalue weighted by Crippen LogP contribution is -2.67. The normalized spacial score (nSPS) is 20.3. The summed E-state index contributed by atoms with van der Waals surface area (Å²) < 4.78 is 16.7. The zero-order valence-electron chi connectivity index (χ0n) is 12.0. The Bertz CT molecular complexity index is 375. The number of likely N-dealkylation sites (tertiary alicyclic amines) is 1. The first-order chi connectivity index (χ1) is 9.25. The van der Waals surface area contributed by atoms with E-state index >= 15 is 0 Å². The van der Waals surface area contributed by atoms with E-state index in [0.717, 1.165) is 25.9 Å². The Morgan fingerprint density at radius 2 is 1.74 bits per heavy atom. The van der Waals surface area contributed by atoms with Crippen molar-refractivity contribution in [1.29, 1.82) is 0 Å². The van der Waals surface area contributed by atoms with Crippen LogP contribution in [0.15, 0.2) is 30.3 Å². The van der Waals surface area contributed by atoms with Crippen LogP contribution in [0.5, 0.6) is 0 Å². The second-order valence-electron chi connectivity index (χ2n) is 4.79. The Hall–Kier alpha value is -0.723. The van der Waals surface area contributed by atoms with Crippen molar-refractivity contribution in [3.8, 4) is 0 Å². The summed E-state index contributed by atoms with van der Waals surface area (Å²) in [5.41, 5.74) is 1.67. The predicted molar refractivity (Wildman–Crippen MR) is 76.9 cm³/mol. The van der Waals surface area contributed by atoms with Gasteiger partial charge in [-0.2, -0.15) is 0 Å². The second kappa shape index (κ2) is 6.63. The van der Waals surface area contributed by atoms with Crippen molar-refractivity contribution in [2.45, 2.75) is 18.5 Å². The topological polar surface area (TPSA) is 30.9 Å². The van der Waals surface area contributed by atoms with Crippen LogP contribution in [0, 0.1) is 0 Å². The summed E-state index contributed by atoms with van der Waals surface area (Å²) in [5.74, 6) is 0. The maximum absolute atomic E-state index is 5.58. The van der Waals surface area contributed by atoms with Gasteiger partial charge < -0.3 is 13.3 Å². The molecule has 19 heavy (non-hydrogen) atoms. The molecular formula is C14H23NO3Si. The van der Waals surface area contributed by atoms with Crippen molar-refractivity contribution >= 4 is 8.80 Å². The fraction of sp³-hybridized carbons (Fsp3) is 0.571. The molecule has 2 rings (SSSR count). The standard InChI is InChI=1S/C14H23NO3Si/c1-16-19(17-2,18-3)14-10-12-15(14)11-9-13-7-5-4-6-8-13/h4-8,14H,9-12H2,1-3H3. The van der Waals surface area contributed by atoms with Crippen molar-refractivity contribution in [2.75, 3.05) is 34.4 Å². The summed E-state index contributed by atoms with van der Waals surface area (Å²) in [7, 11) is 2.55. The number of hydrogen-bond donors (Lipinski definition) is 0. The summed E-state index contributed by atoms with van der Waals surface area (Å²) >= 11 is 0. The lowest BCUT2D eigenvalue weighted by Gasteiger charge is -2.46. The van der Waals surface area contributed by atoms with Gasteiger partial charge in [0.15, 0.2) is 0 Å². The Kier molecular flexibility index (Phi) is 5.12. The molecule has 0 aromatic heterocycles. The first-order valence-corrected chi connectivity index (χ1v) is 8.49. The number of benzene rings is 1. The van der Waals surface area contributed by atoms with Gasteiger partial charge in [0.2, 0.25) is 0 Å².